The summed E-state index contributed by atoms with van der Waals surface area (Å²) < 4.78 is 52.1. The Balaban J connectivity index is 2.65. The van der Waals surface area contributed by atoms with Crippen LogP contribution >= 0.6 is 0 Å². The number of halogens is 4. The van der Waals surface area contributed by atoms with E-state index in [1.54, 1.807) is 0 Å². The van der Waals surface area contributed by atoms with Crippen LogP contribution in [-0.2, 0) is 6.18 Å². The van der Waals surface area contributed by atoms with E-state index in [4.69, 9.17) is 0 Å². The van der Waals surface area contributed by atoms with Crippen LogP contribution in [0.25, 0.3) is 5.82 Å². The first-order chi connectivity index (χ1) is 8.84. The number of carbonyl (C=O) groups is 1. The third kappa shape index (κ3) is 2.33. The number of carbonyl (C=O) groups excluding carboxylic acids is 1. The van der Waals surface area contributed by atoms with Crippen LogP contribution in [0.1, 0.15) is 21.7 Å². The van der Waals surface area contributed by atoms with Crippen molar-refractivity contribution in [2.45, 2.75) is 13.1 Å². The van der Waals surface area contributed by atoms with Crippen LogP contribution in [0, 0.1) is 12.7 Å². The average molecular weight is 273 g/mol. The summed E-state index contributed by atoms with van der Waals surface area (Å²) in [4.78, 5) is 14.3. The quantitative estimate of drug-likeness (QED) is 0.624. The van der Waals surface area contributed by atoms with E-state index in [-0.39, 0.29) is 17.8 Å². The number of aryl methyl sites for hydroxylation is 1. The van der Waals surface area contributed by atoms with Gasteiger partial charge in [-0.1, -0.05) is 0 Å². The lowest BCUT2D eigenvalue weighted by atomic mass is 10.2. The number of pyridine rings is 1. The summed E-state index contributed by atoms with van der Waals surface area (Å²) in [5, 5.41) is 3.47. The lowest BCUT2D eigenvalue weighted by molar-refractivity contribution is -0.143. The molecule has 2 heterocycles. The van der Waals surface area contributed by atoms with Crippen molar-refractivity contribution in [1.82, 2.24) is 14.8 Å². The van der Waals surface area contributed by atoms with Crippen molar-refractivity contribution in [1.29, 1.82) is 0 Å². The van der Waals surface area contributed by atoms with Crippen LogP contribution in [0.4, 0.5) is 17.6 Å². The Hall–Kier alpha value is -2.25. The first-order valence-electron chi connectivity index (χ1n) is 5.08. The van der Waals surface area contributed by atoms with Gasteiger partial charge in [-0.2, -0.15) is 18.3 Å². The number of hydrogen-bond acceptors (Lipinski definition) is 3. The molecular formula is C11H7F4N3O. The van der Waals surface area contributed by atoms with Gasteiger partial charge in [0, 0.05) is 0 Å². The van der Waals surface area contributed by atoms with Gasteiger partial charge in [-0.25, -0.2) is 14.1 Å². The average Bonchev–Trinajstić information content (AvgIpc) is 2.76. The summed E-state index contributed by atoms with van der Waals surface area (Å²) >= 11 is 0. The van der Waals surface area contributed by atoms with E-state index < -0.39 is 23.3 Å². The van der Waals surface area contributed by atoms with E-state index in [0.717, 1.165) is 18.3 Å². The van der Waals surface area contributed by atoms with Crippen LogP contribution in [-0.4, -0.2) is 21.1 Å². The molecule has 0 N–H and O–H groups in total. The maximum absolute atomic E-state index is 13.0. The molecule has 2 aromatic heterocycles. The third-order valence-electron chi connectivity index (χ3n) is 2.42. The molecule has 0 aliphatic carbocycles. The van der Waals surface area contributed by atoms with Gasteiger partial charge in [0.15, 0.2) is 17.8 Å². The Kier molecular flexibility index (Phi) is 3.09. The first-order valence-corrected chi connectivity index (χ1v) is 5.08. The molecule has 19 heavy (non-hydrogen) atoms. The minimum atomic E-state index is -4.77. The second-order valence-corrected chi connectivity index (χ2v) is 3.71. The standard InChI is InChI=1S/C11H7F4N3O/c1-6-8(12)2-3-9(17-6)18-10(11(13,14)15)7(5-19)4-16-18/h2-5H,1H3. The molecule has 0 aromatic carbocycles. The highest BCUT2D eigenvalue weighted by Crippen LogP contribution is 2.32. The molecule has 2 aromatic rings. The number of rotatable bonds is 2. The largest absolute Gasteiger partial charge is 0.434 e. The van der Waals surface area contributed by atoms with Gasteiger partial charge in [-0.05, 0) is 19.1 Å². The van der Waals surface area contributed by atoms with Crippen molar-refractivity contribution in [3.05, 3.63) is 41.1 Å². The third-order valence-corrected chi connectivity index (χ3v) is 2.42. The first kappa shape index (κ1) is 13.2. The van der Waals surface area contributed by atoms with Crippen molar-refractivity contribution < 1.29 is 22.4 Å². The highest BCUT2D eigenvalue weighted by molar-refractivity contribution is 5.76. The zero-order valence-corrected chi connectivity index (χ0v) is 9.57. The van der Waals surface area contributed by atoms with E-state index in [1.807, 2.05) is 0 Å². The van der Waals surface area contributed by atoms with Crippen LogP contribution in [0.5, 0.6) is 0 Å². The molecule has 0 bridgehead atoms. The van der Waals surface area contributed by atoms with E-state index >= 15 is 0 Å². The highest BCUT2D eigenvalue weighted by atomic mass is 19.4. The second kappa shape index (κ2) is 4.45. The van der Waals surface area contributed by atoms with E-state index in [0.29, 0.717) is 4.68 Å². The van der Waals surface area contributed by atoms with Crippen LogP contribution in [0.2, 0.25) is 0 Å². The molecule has 0 unspecified atom stereocenters. The molecule has 0 saturated heterocycles. The van der Waals surface area contributed by atoms with Crippen molar-refractivity contribution in [3.8, 4) is 5.82 Å². The smallest absolute Gasteiger partial charge is 0.298 e. The number of aromatic nitrogens is 3. The minimum Gasteiger partial charge on any atom is -0.298 e. The zero-order chi connectivity index (χ0) is 14.2. The molecule has 2 rings (SSSR count). The Labute approximate surface area is 104 Å². The predicted molar refractivity (Wildman–Crippen MR) is 56.4 cm³/mol. The summed E-state index contributed by atoms with van der Waals surface area (Å²) in [5.41, 5.74) is -1.90. The van der Waals surface area contributed by atoms with Gasteiger partial charge in [-0.15, -0.1) is 0 Å². The Morgan fingerprint density at radius 2 is 2.00 bits per heavy atom. The molecule has 0 amide bonds. The van der Waals surface area contributed by atoms with Crippen molar-refractivity contribution in [2.75, 3.05) is 0 Å². The second-order valence-electron chi connectivity index (χ2n) is 3.71. The minimum absolute atomic E-state index is 0.0582. The van der Waals surface area contributed by atoms with Gasteiger partial charge in [0.25, 0.3) is 0 Å². The van der Waals surface area contributed by atoms with Gasteiger partial charge in [-0.3, -0.25) is 4.79 Å². The number of hydrogen-bond donors (Lipinski definition) is 0. The molecule has 0 radical (unpaired) electrons. The van der Waals surface area contributed by atoms with Crippen LogP contribution in [0.15, 0.2) is 18.3 Å². The number of alkyl halides is 3. The zero-order valence-electron chi connectivity index (χ0n) is 9.57. The molecule has 0 fully saturated rings. The fourth-order valence-electron chi connectivity index (χ4n) is 1.55. The van der Waals surface area contributed by atoms with E-state index in [1.165, 1.54) is 6.92 Å². The van der Waals surface area contributed by atoms with Gasteiger partial charge in [0.05, 0.1) is 17.5 Å². The summed E-state index contributed by atoms with van der Waals surface area (Å²) in [7, 11) is 0. The number of aldehydes is 1. The van der Waals surface area contributed by atoms with Crippen molar-refractivity contribution in [3.63, 3.8) is 0 Å². The Morgan fingerprint density at radius 3 is 2.53 bits per heavy atom. The SMILES string of the molecule is Cc1nc(-n2ncc(C=O)c2C(F)(F)F)ccc1F. The summed E-state index contributed by atoms with van der Waals surface area (Å²) in [6, 6.07) is 2.04. The van der Waals surface area contributed by atoms with Crippen molar-refractivity contribution >= 4 is 6.29 Å². The number of nitrogens with zero attached hydrogens (tertiary/aromatic N) is 3. The fraction of sp³-hybridized carbons (Fsp3) is 0.182. The summed E-state index contributed by atoms with van der Waals surface area (Å²) in [5.74, 6) is -0.848. The van der Waals surface area contributed by atoms with Gasteiger partial charge < -0.3 is 0 Å². The maximum atomic E-state index is 13.0. The Bertz CT molecular complexity index is 633. The Morgan fingerprint density at radius 1 is 1.32 bits per heavy atom. The van der Waals surface area contributed by atoms with Gasteiger partial charge >= 0.3 is 6.18 Å². The molecule has 0 spiro atoms. The summed E-state index contributed by atoms with van der Waals surface area (Å²) in [6.07, 6.45) is -3.92. The lowest BCUT2D eigenvalue weighted by Gasteiger charge is -2.11. The monoisotopic (exact) mass is 273 g/mol. The van der Waals surface area contributed by atoms with Crippen molar-refractivity contribution in [2.24, 2.45) is 0 Å². The molecule has 100 valence electrons. The lowest BCUT2D eigenvalue weighted by Crippen LogP contribution is -2.16. The normalized spacial score (nSPS) is 11.6. The molecule has 0 aliphatic heterocycles. The molecule has 0 aliphatic rings. The van der Waals surface area contributed by atoms with Gasteiger partial charge in [0.1, 0.15) is 5.82 Å². The molecule has 4 nitrogen and oxygen atoms in total. The maximum Gasteiger partial charge on any atom is 0.434 e. The predicted octanol–water partition coefficient (Wildman–Crippen LogP) is 2.55. The molecule has 0 saturated carbocycles. The molecule has 0 atom stereocenters. The van der Waals surface area contributed by atoms with Crippen LogP contribution in [0.3, 0.4) is 0 Å². The molecular weight excluding hydrogens is 266 g/mol. The van der Waals surface area contributed by atoms with E-state index in [9.17, 15) is 22.4 Å². The topological polar surface area (TPSA) is 47.8 Å². The van der Waals surface area contributed by atoms with Crippen LogP contribution < -0.4 is 0 Å². The summed E-state index contributed by atoms with van der Waals surface area (Å²) in [6.45, 7) is 1.32. The fourth-order valence-corrected chi connectivity index (χ4v) is 1.55. The van der Waals surface area contributed by atoms with E-state index in [2.05, 4.69) is 10.1 Å². The highest BCUT2D eigenvalue weighted by Gasteiger charge is 2.38. The molecule has 8 heteroatoms. The van der Waals surface area contributed by atoms with Gasteiger partial charge in [0.2, 0.25) is 0 Å².